The highest BCUT2D eigenvalue weighted by molar-refractivity contribution is 7.91. The molecule has 1 aliphatic rings. The molecule has 0 radical (unpaired) electrons. The van der Waals surface area contributed by atoms with E-state index in [1.54, 1.807) is 19.1 Å². The Kier molecular flexibility index (Phi) is 5.60. The molecule has 0 saturated heterocycles. The number of nitrogens with one attached hydrogen (secondary N) is 1. The van der Waals surface area contributed by atoms with Crippen LogP contribution in [0.4, 0.5) is 20.6 Å². The SMILES string of the molecule is CCCN1C(=O)OC(C)c2cc(NS(=O)(=O)Cc3ccc(C)cc3)cc(F)c21. The lowest BCUT2D eigenvalue weighted by molar-refractivity contribution is 0.107. The second-order valence-electron chi connectivity index (χ2n) is 6.92. The van der Waals surface area contributed by atoms with E-state index < -0.39 is 28.0 Å². The summed E-state index contributed by atoms with van der Waals surface area (Å²) < 4.78 is 47.5. The molecular formula is C20H23FN2O4S. The molecule has 2 aromatic rings. The van der Waals surface area contributed by atoms with Gasteiger partial charge in [0.2, 0.25) is 10.0 Å². The van der Waals surface area contributed by atoms with Crippen LogP contribution in [0, 0.1) is 12.7 Å². The third-order valence-electron chi connectivity index (χ3n) is 4.50. The lowest BCUT2D eigenvalue weighted by Gasteiger charge is -2.33. The molecule has 0 saturated carbocycles. The number of carbonyl (C=O) groups is 1. The van der Waals surface area contributed by atoms with Crippen molar-refractivity contribution in [1.82, 2.24) is 0 Å². The van der Waals surface area contributed by atoms with Crippen LogP contribution in [0.25, 0.3) is 0 Å². The molecule has 0 spiro atoms. The van der Waals surface area contributed by atoms with Crippen LogP contribution in [0.1, 0.15) is 43.1 Å². The van der Waals surface area contributed by atoms with Crippen molar-refractivity contribution in [3.05, 3.63) is 58.9 Å². The van der Waals surface area contributed by atoms with Crippen molar-refractivity contribution < 1.29 is 22.3 Å². The number of aryl methyl sites for hydroxylation is 1. The molecular weight excluding hydrogens is 383 g/mol. The normalized spacial score (nSPS) is 16.5. The lowest BCUT2D eigenvalue weighted by Crippen LogP contribution is -2.38. The summed E-state index contributed by atoms with van der Waals surface area (Å²) >= 11 is 0. The molecule has 1 unspecified atom stereocenters. The zero-order valence-electron chi connectivity index (χ0n) is 16.0. The lowest BCUT2D eigenvalue weighted by atomic mass is 10.0. The van der Waals surface area contributed by atoms with Crippen molar-refractivity contribution in [2.24, 2.45) is 0 Å². The Morgan fingerprint density at radius 3 is 2.54 bits per heavy atom. The number of rotatable bonds is 6. The van der Waals surface area contributed by atoms with Crippen molar-refractivity contribution in [1.29, 1.82) is 0 Å². The van der Waals surface area contributed by atoms with Gasteiger partial charge in [-0.2, -0.15) is 0 Å². The van der Waals surface area contributed by atoms with Crippen molar-refractivity contribution >= 4 is 27.5 Å². The van der Waals surface area contributed by atoms with E-state index in [1.165, 1.54) is 11.0 Å². The number of halogens is 1. The van der Waals surface area contributed by atoms with Gasteiger partial charge in [-0.3, -0.25) is 9.62 Å². The largest absolute Gasteiger partial charge is 0.441 e. The van der Waals surface area contributed by atoms with Gasteiger partial charge in [0.15, 0.2) is 0 Å². The number of amides is 1. The van der Waals surface area contributed by atoms with Crippen LogP contribution in [-0.2, 0) is 20.5 Å². The highest BCUT2D eigenvalue weighted by atomic mass is 32.2. The number of cyclic esters (lactones) is 1. The number of anilines is 2. The number of sulfonamides is 1. The fourth-order valence-electron chi connectivity index (χ4n) is 3.19. The molecule has 1 N–H and O–H groups in total. The molecule has 2 aromatic carbocycles. The van der Waals surface area contributed by atoms with Gasteiger partial charge in [-0.05, 0) is 31.9 Å². The van der Waals surface area contributed by atoms with Gasteiger partial charge in [-0.25, -0.2) is 17.6 Å². The minimum atomic E-state index is -3.73. The molecule has 28 heavy (non-hydrogen) atoms. The number of hydrogen-bond donors (Lipinski definition) is 1. The van der Waals surface area contributed by atoms with E-state index in [4.69, 9.17) is 4.74 Å². The molecule has 1 atom stereocenters. The zero-order valence-corrected chi connectivity index (χ0v) is 16.8. The summed E-state index contributed by atoms with van der Waals surface area (Å²) in [6, 6.07) is 9.77. The molecule has 150 valence electrons. The minimum absolute atomic E-state index is 0.101. The van der Waals surface area contributed by atoms with E-state index in [-0.39, 0.29) is 17.1 Å². The maximum absolute atomic E-state index is 14.8. The van der Waals surface area contributed by atoms with E-state index >= 15 is 0 Å². The summed E-state index contributed by atoms with van der Waals surface area (Å²) in [5.74, 6) is -0.888. The first-order valence-corrected chi connectivity index (χ1v) is 10.7. The van der Waals surface area contributed by atoms with E-state index in [2.05, 4.69) is 4.72 Å². The second kappa shape index (κ2) is 7.79. The van der Waals surface area contributed by atoms with Gasteiger partial charge in [0, 0.05) is 18.2 Å². The summed E-state index contributed by atoms with van der Waals surface area (Å²) in [5, 5.41) is 0. The Hall–Kier alpha value is -2.61. The fraction of sp³-hybridized carbons (Fsp3) is 0.350. The van der Waals surface area contributed by atoms with Crippen LogP contribution in [0.2, 0.25) is 0 Å². The summed E-state index contributed by atoms with van der Waals surface area (Å²) in [7, 11) is -3.73. The summed E-state index contributed by atoms with van der Waals surface area (Å²) in [5.41, 5.74) is 2.34. The standard InChI is InChI=1S/C20H23FN2O4S/c1-4-9-23-19-17(14(3)27-20(23)24)10-16(11-18(19)21)22-28(25,26)12-15-7-5-13(2)6-8-15/h5-8,10-11,14,22H,4,9,12H2,1-3H3. The summed E-state index contributed by atoms with van der Waals surface area (Å²) in [4.78, 5) is 13.3. The quantitative estimate of drug-likeness (QED) is 0.766. The third-order valence-corrected chi connectivity index (χ3v) is 5.76. The molecule has 8 heteroatoms. The Morgan fingerprint density at radius 2 is 1.89 bits per heavy atom. The van der Waals surface area contributed by atoms with Crippen molar-refractivity contribution in [3.8, 4) is 0 Å². The molecule has 3 rings (SSSR count). The first kappa shape index (κ1) is 20.1. The topological polar surface area (TPSA) is 75.7 Å². The molecule has 0 fully saturated rings. The maximum atomic E-state index is 14.8. The predicted octanol–water partition coefficient (Wildman–Crippen LogP) is 4.50. The van der Waals surface area contributed by atoms with Crippen molar-refractivity contribution in [2.45, 2.75) is 39.0 Å². The number of benzene rings is 2. The number of nitrogens with zero attached hydrogens (tertiary/aromatic N) is 1. The summed E-state index contributed by atoms with van der Waals surface area (Å²) in [6.07, 6.45) is -0.645. The van der Waals surface area contributed by atoms with Gasteiger partial charge in [-0.15, -0.1) is 0 Å². The Morgan fingerprint density at radius 1 is 1.21 bits per heavy atom. The monoisotopic (exact) mass is 406 g/mol. The minimum Gasteiger partial charge on any atom is -0.441 e. The van der Waals surface area contributed by atoms with Gasteiger partial charge in [0.1, 0.15) is 11.9 Å². The molecule has 1 amide bonds. The summed E-state index contributed by atoms with van der Waals surface area (Å²) in [6.45, 7) is 5.73. The number of ether oxygens (including phenoxy) is 1. The fourth-order valence-corrected chi connectivity index (χ4v) is 4.37. The van der Waals surface area contributed by atoms with Crippen LogP contribution in [0.3, 0.4) is 0 Å². The van der Waals surface area contributed by atoms with E-state index in [0.29, 0.717) is 24.1 Å². The zero-order chi connectivity index (χ0) is 20.5. The Bertz CT molecular complexity index is 990. The maximum Gasteiger partial charge on any atom is 0.414 e. The Balaban J connectivity index is 1.89. The van der Waals surface area contributed by atoms with Crippen LogP contribution in [0.5, 0.6) is 0 Å². The first-order chi connectivity index (χ1) is 13.2. The van der Waals surface area contributed by atoms with Crippen LogP contribution >= 0.6 is 0 Å². The van der Waals surface area contributed by atoms with Gasteiger partial charge >= 0.3 is 6.09 Å². The second-order valence-corrected chi connectivity index (χ2v) is 8.64. The van der Waals surface area contributed by atoms with Gasteiger partial charge in [0.25, 0.3) is 0 Å². The predicted molar refractivity (Wildman–Crippen MR) is 106 cm³/mol. The molecule has 1 heterocycles. The first-order valence-electron chi connectivity index (χ1n) is 9.08. The average Bonchev–Trinajstić information content (AvgIpc) is 2.60. The van der Waals surface area contributed by atoms with E-state index in [1.807, 2.05) is 26.0 Å². The highest BCUT2D eigenvalue weighted by Gasteiger charge is 2.33. The average molecular weight is 406 g/mol. The highest BCUT2D eigenvalue weighted by Crippen LogP contribution is 2.38. The molecule has 1 aliphatic heterocycles. The van der Waals surface area contributed by atoms with E-state index in [0.717, 1.165) is 11.6 Å². The molecule has 0 bridgehead atoms. The number of carbonyl (C=O) groups excluding carboxylic acids is 1. The third kappa shape index (κ3) is 4.27. The van der Waals surface area contributed by atoms with Crippen molar-refractivity contribution in [3.63, 3.8) is 0 Å². The van der Waals surface area contributed by atoms with Crippen LogP contribution < -0.4 is 9.62 Å². The smallest absolute Gasteiger partial charge is 0.414 e. The molecule has 0 aliphatic carbocycles. The number of fused-ring (bicyclic) bond motifs is 1. The van der Waals surface area contributed by atoms with Crippen LogP contribution in [0.15, 0.2) is 36.4 Å². The van der Waals surface area contributed by atoms with Gasteiger partial charge in [0.05, 0.1) is 17.1 Å². The molecule has 6 nitrogen and oxygen atoms in total. The van der Waals surface area contributed by atoms with Gasteiger partial charge in [-0.1, -0.05) is 36.8 Å². The molecule has 0 aromatic heterocycles. The number of hydrogen-bond acceptors (Lipinski definition) is 4. The van der Waals surface area contributed by atoms with Crippen molar-refractivity contribution in [2.75, 3.05) is 16.2 Å². The van der Waals surface area contributed by atoms with Gasteiger partial charge < -0.3 is 4.74 Å². The van der Waals surface area contributed by atoms with E-state index in [9.17, 15) is 17.6 Å². The van der Waals surface area contributed by atoms with Crippen LogP contribution in [-0.4, -0.2) is 21.1 Å². The Labute approximate surface area is 164 Å².